The Bertz CT molecular complexity index is 852. The van der Waals surface area contributed by atoms with Crippen molar-refractivity contribution in [3.8, 4) is 0 Å². The smallest absolute Gasteiger partial charge is 0.240 e. The zero-order chi connectivity index (χ0) is 17.1. The molecule has 6 nitrogen and oxygen atoms in total. The molecule has 3 fully saturated rings. The lowest BCUT2D eigenvalue weighted by atomic mass is 9.81. The molecule has 2 aromatic rings. The average Bonchev–Trinajstić information content (AvgIpc) is 3.33. The van der Waals surface area contributed by atoms with Crippen LogP contribution in [0.2, 0.25) is 5.02 Å². The lowest BCUT2D eigenvalue weighted by Crippen LogP contribution is -2.33. The second-order valence-electron chi connectivity index (χ2n) is 6.88. The van der Waals surface area contributed by atoms with Crippen molar-refractivity contribution in [2.45, 2.75) is 31.6 Å². The van der Waals surface area contributed by atoms with Crippen LogP contribution >= 0.6 is 11.6 Å². The molecule has 7 heteroatoms. The SMILES string of the molecule is O=C1C2C3CCC(O3)C2C(=O)N1c1cnn(Cc2cccc(Cl)c2)c1. The van der Waals surface area contributed by atoms with Crippen LogP contribution in [0.1, 0.15) is 18.4 Å². The summed E-state index contributed by atoms with van der Waals surface area (Å²) in [5.74, 6) is -0.931. The van der Waals surface area contributed by atoms with Crippen molar-refractivity contribution >= 4 is 29.1 Å². The first-order chi connectivity index (χ1) is 12.1. The zero-order valence-electron chi connectivity index (χ0n) is 13.3. The van der Waals surface area contributed by atoms with Crippen LogP contribution in [0.25, 0.3) is 0 Å². The van der Waals surface area contributed by atoms with E-state index in [0.29, 0.717) is 17.3 Å². The fourth-order valence-electron chi connectivity index (χ4n) is 4.34. The minimum absolute atomic E-state index is 0.0991. The molecular weight excluding hydrogens is 342 g/mol. The Labute approximate surface area is 149 Å². The molecule has 4 atom stereocenters. The Morgan fingerprint density at radius 3 is 2.56 bits per heavy atom. The van der Waals surface area contributed by atoms with Crippen LogP contribution in [0.4, 0.5) is 5.69 Å². The van der Waals surface area contributed by atoms with Crippen LogP contribution < -0.4 is 4.90 Å². The monoisotopic (exact) mass is 357 g/mol. The first-order valence-electron chi connectivity index (χ1n) is 8.42. The summed E-state index contributed by atoms with van der Waals surface area (Å²) in [6.07, 6.45) is 4.85. The molecule has 5 rings (SSSR count). The van der Waals surface area contributed by atoms with Crippen LogP contribution in [0.3, 0.4) is 0 Å². The molecule has 128 valence electrons. The predicted octanol–water partition coefficient (Wildman–Crippen LogP) is 2.25. The molecule has 0 saturated carbocycles. The van der Waals surface area contributed by atoms with Gasteiger partial charge in [0.1, 0.15) is 0 Å². The van der Waals surface area contributed by atoms with Crippen LogP contribution in [0, 0.1) is 11.8 Å². The first kappa shape index (κ1) is 15.1. The van der Waals surface area contributed by atoms with E-state index in [1.54, 1.807) is 17.1 Å². The summed E-state index contributed by atoms with van der Waals surface area (Å²) >= 11 is 6.01. The Morgan fingerprint density at radius 1 is 1.16 bits per heavy atom. The topological polar surface area (TPSA) is 64.4 Å². The maximum Gasteiger partial charge on any atom is 0.240 e. The number of halogens is 1. The lowest BCUT2D eigenvalue weighted by molar-refractivity contribution is -0.124. The Morgan fingerprint density at radius 2 is 1.88 bits per heavy atom. The standard InChI is InChI=1S/C18H16ClN3O3/c19-11-3-1-2-10(6-11)8-21-9-12(7-20-21)22-17(23)15-13-4-5-14(25-13)16(15)18(22)24/h1-3,6-7,9,13-16H,4-5,8H2. The maximum absolute atomic E-state index is 12.8. The third-order valence-corrected chi connectivity index (χ3v) is 5.63. The van der Waals surface area contributed by atoms with E-state index in [9.17, 15) is 9.59 Å². The predicted molar refractivity (Wildman–Crippen MR) is 90.1 cm³/mol. The van der Waals surface area contributed by atoms with Gasteiger partial charge in [-0.25, -0.2) is 4.90 Å². The van der Waals surface area contributed by atoms with Crippen molar-refractivity contribution in [3.63, 3.8) is 0 Å². The van der Waals surface area contributed by atoms with Gasteiger partial charge in [-0.15, -0.1) is 0 Å². The molecule has 3 aliphatic rings. The maximum atomic E-state index is 12.8. The van der Waals surface area contributed by atoms with Crippen LogP contribution in [0.5, 0.6) is 0 Å². The number of anilines is 1. The number of aromatic nitrogens is 2. The lowest BCUT2D eigenvalue weighted by Gasteiger charge is -2.15. The van der Waals surface area contributed by atoms with Gasteiger partial charge in [0, 0.05) is 11.2 Å². The number of nitrogens with zero attached hydrogens (tertiary/aromatic N) is 3. The summed E-state index contributed by atoms with van der Waals surface area (Å²) < 4.78 is 7.47. The summed E-state index contributed by atoms with van der Waals surface area (Å²) in [6, 6.07) is 7.52. The van der Waals surface area contributed by atoms with Gasteiger partial charge in [0.25, 0.3) is 0 Å². The molecule has 2 bridgehead atoms. The number of fused-ring (bicyclic) bond motifs is 5. The van der Waals surface area contributed by atoms with Crippen LogP contribution in [-0.4, -0.2) is 33.8 Å². The van der Waals surface area contributed by atoms with E-state index < -0.39 is 0 Å². The van der Waals surface area contributed by atoms with E-state index in [4.69, 9.17) is 16.3 Å². The van der Waals surface area contributed by atoms with Gasteiger partial charge < -0.3 is 4.74 Å². The van der Waals surface area contributed by atoms with Gasteiger partial charge in [0.15, 0.2) is 0 Å². The molecule has 1 aromatic carbocycles. The van der Waals surface area contributed by atoms with Gasteiger partial charge in [0.05, 0.1) is 42.5 Å². The molecule has 0 aliphatic carbocycles. The molecule has 3 aliphatic heterocycles. The molecule has 0 radical (unpaired) electrons. The van der Waals surface area contributed by atoms with Crippen molar-refractivity contribution in [3.05, 3.63) is 47.2 Å². The molecule has 4 unspecified atom stereocenters. The number of benzene rings is 1. The normalized spacial score (nSPS) is 30.4. The molecule has 0 spiro atoms. The number of ether oxygens (including phenoxy) is 1. The molecule has 1 aromatic heterocycles. The highest BCUT2D eigenvalue weighted by Gasteiger charge is 2.62. The highest BCUT2D eigenvalue weighted by Crippen LogP contribution is 2.49. The second kappa shape index (κ2) is 5.41. The van der Waals surface area contributed by atoms with Gasteiger partial charge in [0.2, 0.25) is 11.8 Å². The van der Waals surface area contributed by atoms with E-state index >= 15 is 0 Å². The summed E-state index contributed by atoms with van der Waals surface area (Å²) in [5, 5.41) is 4.96. The first-order valence-corrected chi connectivity index (χ1v) is 8.80. The number of imide groups is 1. The molecule has 4 heterocycles. The van der Waals surface area contributed by atoms with Gasteiger partial charge in [-0.1, -0.05) is 23.7 Å². The Hall–Kier alpha value is -2.18. The highest BCUT2D eigenvalue weighted by molar-refractivity contribution is 6.30. The van der Waals surface area contributed by atoms with Crippen molar-refractivity contribution in [1.29, 1.82) is 0 Å². The largest absolute Gasteiger partial charge is 0.373 e. The molecule has 2 amide bonds. The van der Waals surface area contributed by atoms with Crippen LogP contribution in [-0.2, 0) is 20.9 Å². The Kier molecular flexibility index (Phi) is 3.27. The van der Waals surface area contributed by atoms with E-state index in [2.05, 4.69) is 5.10 Å². The van der Waals surface area contributed by atoms with Gasteiger partial charge in [-0.3, -0.25) is 14.3 Å². The van der Waals surface area contributed by atoms with Gasteiger partial charge in [-0.05, 0) is 30.5 Å². The van der Waals surface area contributed by atoms with Gasteiger partial charge >= 0.3 is 0 Å². The van der Waals surface area contributed by atoms with Crippen molar-refractivity contribution < 1.29 is 14.3 Å². The summed E-state index contributed by atoms with van der Waals surface area (Å²) in [5.41, 5.74) is 1.54. The molecule has 25 heavy (non-hydrogen) atoms. The zero-order valence-corrected chi connectivity index (χ0v) is 14.1. The number of hydrogen-bond acceptors (Lipinski definition) is 4. The number of hydrogen-bond donors (Lipinski definition) is 0. The molecule has 0 N–H and O–H groups in total. The summed E-state index contributed by atoms with van der Waals surface area (Å²) in [4.78, 5) is 26.8. The van der Waals surface area contributed by atoms with Crippen molar-refractivity contribution in [2.24, 2.45) is 11.8 Å². The quantitative estimate of drug-likeness (QED) is 0.790. The van der Waals surface area contributed by atoms with Crippen molar-refractivity contribution in [2.75, 3.05) is 4.90 Å². The summed E-state index contributed by atoms with van der Waals surface area (Å²) in [7, 11) is 0. The number of carbonyl (C=O) groups excluding carboxylic acids is 2. The van der Waals surface area contributed by atoms with E-state index in [1.165, 1.54) is 4.90 Å². The van der Waals surface area contributed by atoms with Crippen molar-refractivity contribution in [1.82, 2.24) is 9.78 Å². The van der Waals surface area contributed by atoms with Crippen LogP contribution in [0.15, 0.2) is 36.7 Å². The number of carbonyl (C=O) groups is 2. The minimum Gasteiger partial charge on any atom is -0.373 e. The average molecular weight is 358 g/mol. The summed E-state index contributed by atoms with van der Waals surface area (Å²) in [6.45, 7) is 0.526. The third kappa shape index (κ3) is 2.24. The second-order valence-corrected chi connectivity index (χ2v) is 7.32. The fourth-order valence-corrected chi connectivity index (χ4v) is 4.56. The number of amides is 2. The van der Waals surface area contributed by atoms with Gasteiger partial charge in [-0.2, -0.15) is 5.10 Å². The van der Waals surface area contributed by atoms with E-state index in [0.717, 1.165) is 18.4 Å². The van der Waals surface area contributed by atoms with E-state index in [1.807, 2.05) is 24.3 Å². The molecule has 3 saturated heterocycles. The number of rotatable bonds is 3. The highest BCUT2D eigenvalue weighted by atomic mass is 35.5. The minimum atomic E-state index is -0.317. The third-order valence-electron chi connectivity index (χ3n) is 5.40. The Balaban J connectivity index is 1.40. The fraction of sp³-hybridized carbons (Fsp3) is 0.389. The van der Waals surface area contributed by atoms with E-state index in [-0.39, 0.29) is 35.9 Å². The molecular formula is C18H16ClN3O3.